The van der Waals surface area contributed by atoms with Gasteiger partial charge in [0.2, 0.25) is 11.8 Å². The number of benzene rings is 2. The van der Waals surface area contributed by atoms with Crippen LogP contribution in [0.25, 0.3) is 0 Å². The average molecular weight is 320 g/mol. The molecule has 2 aromatic carbocycles. The van der Waals surface area contributed by atoms with E-state index in [-0.39, 0.29) is 30.6 Å². The molecule has 0 N–H and O–H groups in total. The summed E-state index contributed by atoms with van der Waals surface area (Å²) in [6, 6.07) is 14.6. The molecule has 0 bridgehead atoms. The van der Waals surface area contributed by atoms with Gasteiger partial charge in [-0.05, 0) is 36.2 Å². The van der Waals surface area contributed by atoms with Crippen molar-refractivity contribution >= 4 is 29.1 Å². The quantitative estimate of drug-likeness (QED) is 0.799. The largest absolute Gasteiger partial charge is 0.308 e. The fraction of sp³-hybridized carbons (Fsp3) is 0.211. The summed E-state index contributed by atoms with van der Waals surface area (Å²) in [5.41, 5.74) is 3.05. The second kappa shape index (κ2) is 5.60. The van der Waals surface area contributed by atoms with Gasteiger partial charge in [0.1, 0.15) is 0 Å². The number of carbonyl (C=O) groups is 3. The van der Waals surface area contributed by atoms with Crippen molar-refractivity contribution in [3.8, 4) is 0 Å². The van der Waals surface area contributed by atoms with Crippen molar-refractivity contribution < 1.29 is 14.4 Å². The second-order valence-electron chi connectivity index (χ2n) is 6.01. The number of fused-ring (bicyclic) bond motifs is 1. The van der Waals surface area contributed by atoms with E-state index in [2.05, 4.69) is 0 Å². The molecule has 0 radical (unpaired) electrons. The Balaban J connectivity index is 1.66. The van der Waals surface area contributed by atoms with Crippen LogP contribution in [0.15, 0.2) is 48.5 Å². The lowest BCUT2D eigenvalue weighted by molar-refractivity contribution is -0.121. The summed E-state index contributed by atoms with van der Waals surface area (Å²) in [6.07, 6.45) is 1.30. The molecule has 2 heterocycles. The molecule has 0 aliphatic carbocycles. The summed E-state index contributed by atoms with van der Waals surface area (Å²) in [5, 5.41) is 0. The van der Waals surface area contributed by atoms with E-state index in [1.54, 1.807) is 29.2 Å². The Bertz CT molecular complexity index is 843. The molecule has 2 aliphatic rings. The highest BCUT2D eigenvalue weighted by atomic mass is 16.2. The number of amides is 3. The van der Waals surface area contributed by atoms with E-state index in [0.29, 0.717) is 17.8 Å². The van der Waals surface area contributed by atoms with Crippen molar-refractivity contribution in [1.82, 2.24) is 0 Å². The first-order valence-corrected chi connectivity index (χ1v) is 8.01. The third-order valence-electron chi connectivity index (χ3n) is 4.54. The molecule has 120 valence electrons. The lowest BCUT2D eigenvalue weighted by Crippen LogP contribution is -2.31. The van der Waals surface area contributed by atoms with Gasteiger partial charge in [0.05, 0.1) is 5.69 Å². The van der Waals surface area contributed by atoms with Gasteiger partial charge in [-0.1, -0.05) is 24.3 Å². The Morgan fingerprint density at radius 3 is 2.42 bits per heavy atom. The summed E-state index contributed by atoms with van der Waals surface area (Å²) in [5.74, 6) is -0.534. The molecular formula is C19H16N2O3. The molecule has 3 amide bonds. The molecule has 0 atom stereocenters. The Morgan fingerprint density at radius 2 is 1.62 bits per heavy atom. The maximum absolute atomic E-state index is 12.9. The van der Waals surface area contributed by atoms with Gasteiger partial charge in [0, 0.05) is 30.6 Å². The van der Waals surface area contributed by atoms with E-state index in [0.717, 1.165) is 17.7 Å². The molecule has 4 rings (SSSR count). The summed E-state index contributed by atoms with van der Waals surface area (Å²) in [7, 11) is 0. The SMILES string of the molecule is O=C(c1cccc(N2C(=O)CCC2=O)c1)N1CCc2ccccc21. The van der Waals surface area contributed by atoms with E-state index < -0.39 is 0 Å². The van der Waals surface area contributed by atoms with Crippen molar-refractivity contribution in [2.45, 2.75) is 19.3 Å². The molecule has 5 nitrogen and oxygen atoms in total. The average Bonchev–Trinajstić information content (AvgIpc) is 3.18. The maximum Gasteiger partial charge on any atom is 0.258 e. The third-order valence-corrected chi connectivity index (χ3v) is 4.54. The van der Waals surface area contributed by atoms with Crippen LogP contribution in [-0.4, -0.2) is 24.3 Å². The van der Waals surface area contributed by atoms with Crippen LogP contribution in [0.1, 0.15) is 28.8 Å². The van der Waals surface area contributed by atoms with Gasteiger partial charge in [0.25, 0.3) is 5.91 Å². The smallest absolute Gasteiger partial charge is 0.258 e. The van der Waals surface area contributed by atoms with E-state index >= 15 is 0 Å². The van der Waals surface area contributed by atoms with Crippen LogP contribution in [0.4, 0.5) is 11.4 Å². The van der Waals surface area contributed by atoms with E-state index in [1.165, 1.54) is 4.90 Å². The minimum absolute atomic E-state index is 0.110. The van der Waals surface area contributed by atoms with Gasteiger partial charge >= 0.3 is 0 Å². The Hall–Kier alpha value is -2.95. The van der Waals surface area contributed by atoms with E-state index in [9.17, 15) is 14.4 Å². The highest BCUT2D eigenvalue weighted by Crippen LogP contribution is 2.30. The summed E-state index contributed by atoms with van der Waals surface area (Å²) < 4.78 is 0. The number of hydrogen-bond donors (Lipinski definition) is 0. The lowest BCUT2D eigenvalue weighted by atomic mass is 10.1. The molecule has 5 heteroatoms. The zero-order chi connectivity index (χ0) is 16.7. The zero-order valence-electron chi connectivity index (χ0n) is 13.1. The lowest BCUT2D eigenvalue weighted by Gasteiger charge is -2.19. The van der Waals surface area contributed by atoms with Crippen LogP contribution in [0.3, 0.4) is 0 Å². The van der Waals surface area contributed by atoms with Crippen LogP contribution >= 0.6 is 0 Å². The molecule has 2 aliphatic heterocycles. The number of para-hydroxylation sites is 1. The summed E-state index contributed by atoms with van der Waals surface area (Å²) in [6.45, 7) is 0.643. The van der Waals surface area contributed by atoms with Gasteiger partial charge in [0.15, 0.2) is 0 Å². The Kier molecular flexibility index (Phi) is 3.41. The second-order valence-corrected chi connectivity index (χ2v) is 6.01. The molecule has 2 aromatic rings. The molecule has 0 saturated carbocycles. The van der Waals surface area contributed by atoms with E-state index in [1.807, 2.05) is 24.3 Å². The first kappa shape index (κ1) is 14.6. The first-order valence-electron chi connectivity index (χ1n) is 8.01. The van der Waals surface area contributed by atoms with Crippen LogP contribution in [0, 0.1) is 0 Å². The number of imide groups is 1. The highest BCUT2D eigenvalue weighted by molar-refractivity contribution is 6.20. The fourth-order valence-electron chi connectivity index (χ4n) is 3.35. The van der Waals surface area contributed by atoms with Gasteiger partial charge in [-0.2, -0.15) is 0 Å². The Morgan fingerprint density at radius 1 is 0.875 bits per heavy atom. The molecule has 0 unspecified atom stereocenters. The van der Waals surface area contributed by atoms with Crippen molar-refractivity contribution in [2.75, 3.05) is 16.3 Å². The minimum Gasteiger partial charge on any atom is -0.308 e. The number of nitrogens with zero attached hydrogens (tertiary/aromatic N) is 2. The van der Waals surface area contributed by atoms with Gasteiger partial charge in [-0.3, -0.25) is 19.3 Å². The van der Waals surface area contributed by atoms with Crippen LogP contribution in [0.5, 0.6) is 0 Å². The molecule has 1 fully saturated rings. The number of anilines is 2. The Labute approximate surface area is 139 Å². The molecule has 0 spiro atoms. The number of hydrogen-bond acceptors (Lipinski definition) is 3. The summed E-state index contributed by atoms with van der Waals surface area (Å²) in [4.78, 5) is 39.6. The van der Waals surface area contributed by atoms with Gasteiger partial charge in [-0.15, -0.1) is 0 Å². The topological polar surface area (TPSA) is 57.7 Å². The minimum atomic E-state index is -0.212. The van der Waals surface area contributed by atoms with Crippen LogP contribution < -0.4 is 9.80 Å². The van der Waals surface area contributed by atoms with Gasteiger partial charge < -0.3 is 4.90 Å². The predicted octanol–water partition coefficient (Wildman–Crippen LogP) is 2.54. The molecule has 24 heavy (non-hydrogen) atoms. The number of rotatable bonds is 2. The van der Waals surface area contributed by atoms with Gasteiger partial charge in [-0.25, -0.2) is 0 Å². The van der Waals surface area contributed by atoms with Crippen molar-refractivity contribution in [2.24, 2.45) is 0 Å². The number of carbonyl (C=O) groups excluding carboxylic acids is 3. The zero-order valence-corrected chi connectivity index (χ0v) is 13.1. The van der Waals surface area contributed by atoms with Crippen LogP contribution in [0.2, 0.25) is 0 Å². The predicted molar refractivity (Wildman–Crippen MR) is 90.0 cm³/mol. The first-order chi connectivity index (χ1) is 11.6. The van der Waals surface area contributed by atoms with Crippen molar-refractivity contribution in [3.63, 3.8) is 0 Å². The molecule has 0 aromatic heterocycles. The normalized spacial score (nSPS) is 16.7. The van der Waals surface area contributed by atoms with Crippen molar-refractivity contribution in [3.05, 3.63) is 59.7 Å². The fourth-order valence-corrected chi connectivity index (χ4v) is 3.35. The van der Waals surface area contributed by atoms with Crippen molar-refractivity contribution in [1.29, 1.82) is 0 Å². The highest BCUT2D eigenvalue weighted by Gasteiger charge is 2.31. The van der Waals surface area contributed by atoms with E-state index in [4.69, 9.17) is 0 Å². The standard InChI is InChI=1S/C19H16N2O3/c22-17-8-9-18(23)21(17)15-6-3-5-14(12-15)19(24)20-11-10-13-4-1-2-7-16(13)20/h1-7,12H,8-11H2. The summed E-state index contributed by atoms with van der Waals surface area (Å²) >= 11 is 0. The molecular weight excluding hydrogens is 304 g/mol. The third kappa shape index (κ3) is 2.29. The maximum atomic E-state index is 12.9. The van der Waals surface area contributed by atoms with Crippen LogP contribution in [-0.2, 0) is 16.0 Å². The monoisotopic (exact) mass is 320 g/mol. The molecule has 1 saturated heterocycles.